The van der Waals surface area contributed by atoms with Crippen molar-refractivity contribution >= 4 is 35.0 Å². The van der Waals surface area contributed by atoms with E-state index in [4.69, 9.17) is 11.6 Å². The molecule has 0 radical (unpaired) electrons. The second kappa shape index (κ2) is 8.08. The number of nitrogens with one attached hydrogen (secondary N) is 1. The fraction of sp³-hybridized carbons (Fsp3) is 0.526. The SMILES string of the molecule is CCN(CC(=O)NC(C)(C)C)C(=O)C1CC(=O)N(c2ccccc2Cl)C1. The standard InChI is InChI=1S/C19H26ClN3O3/c1-5-22(12-16(24)21-19(2,3)4)18(26)13-10-17(25)23(11-13)15-9-7-6-8-14(15)20/h6-9,13H,5,10-12H2,1-4H3,(H,21,24). The Labute approximate surface area is 159 Å². The minimum Gasteiger partial charge on any atom is -0.350 e. The van der Waals surface area contributed by atoms with Crippen LogP contribution >= 0.6 is 11.6 Å². The van der Waals surface area contributed by atoms with Crippen LogP contribution in [-0.4, -0.2) is 47.8 Å². The van der Waals surface area contributed by atoms with Crippen molar-refractivity contribution < 1.29 is 14.4 Å². The number of likely N-dealkylation sites (N-methyl/N-ethyl adjacent to an activating group) is 1. The van der Waals surface area contributed by atoms with Crippen molar-refractivity contribution in [1.29, 1.82) is 0 Å². The maximum Gasteiger partial charge on any atom is 0.240 e. The van der Waals surface area contributed by atoms with Crippen molar-refractivity contribution in [3.63, 3.8) is 0 Å². The van der Waals surface area contributed by atoms with Gasteiger partial charge in [0, 0.05) is 25.0 Å². The van der Waals surface area contributed by atoms with Gasteiger partial charge in [-0.25, -0.2) is 0 Å². The quantitative estimate of drug-likeness (QED) is 0.854. The number of carbonyl (C=O) groups excluding carboxylic acids is 3. The van der Waals surface area contributed by atoms with Crippen LogP contribution in [0.5, 0.6) is 0 Å². The van der Waals surface area contributed by atoms with E-state index in [1.54, 1.807) is 29.2 Å². The zero-order valence-electron chi connectivity index (χ0n) is 15.7. The molecular formula is C19H26ClN3O3. The van der Waals surface area contributed by atoms with Crippen molar-refractivity contribution in [2.24, 2.45) is 5.92 Å². The molecule has 142 valence electrons. The van der Waals surface area contributed by atoms with Gasteiger partial charge in [0.1, 0.15) is 0 Å². The maximum absolute atomic E-state index is 12.8. The van der Waals surface area contributed by atoms with E-state index in [-0.39, 0.29) is 42.8 Å². The summed E-state index contributed by atoms with van der Waals surface area (Å²) in [7, 11) is 0. The molecule has 1 fully saturated rings. The summed E-state index contributed by atoms with van der Waals surface area (Å²) in [5.74, 6) is -0.993. The number of para-hydroxylation sites is 1. The average Bonchev–Trinajstić information content (AvgIpc) is 2.92. The summed E-state index contributed by atoms with van der Waals surface area (Å²) in [6.45, 7) is 8.17. The van der Waals surface area contributed by atoms with Crippen LogP contribution in [0.4, 0.5) is 5.69 Å². The van der Waals surface area contributed by atoms with Gasteiger partial charge in [0.15, 0.2) is 0 Å². The smallest absolute Gasteiger partial charge is 0.240 e. The van der Waals surface area contributed by atoms with Crippen LogP contribution in [0.2, 0.25) is 5.02 Å². The van der Waals surface area contributed by atoms with Crippen LogP contribution in [0.25, 0.3) is 0 Å². The number of nitrogens with zero attached hydrogens (tertiary/aromatic N) is 2. The lowest BCUT2D eigenvalue weighted by Gasteiger charge is -2.26. The lowest BCUT2D eigenvalue weighted by molar-refractivity contribution is -0.139. The average molecular weight is 380 g/mol. The van der Waals surface area contributed by atoms with Gasteiger partial charge >= 0.3 is 0 Å². The topological polar surface area (TPSA) is 69.7 Å². The second-order valence-electron chi connectivity index (χ2n) is 7.51. The molecule has 6 nitrogen and oxygen atoms in total. The summed E-state index contributed by atoms with van der Waals surface area (Å²) in [6, 6.07) is 7.08. The molecule has 0 bridgehead atoms. The molecule has 1 N–H and O–H groups in total. The van der Waals surface area contributed by atoms with E-state index in [1.807, 2.05) is 27.7 Å². The normalized spacial score (nSPS) is 17.3. The predicted molar refractivity (Wildman–Crippen MR) is 102 cm³/mol. The fourth-order valence-electron chi connectivity index (χ4n) is 3.01. The Morgan fingerprint density at radius 1 is 1.31 bits per heavy atom. The minimum atomic E-state index is -0.471. The summed E-state index contributed by atoms with van der Waals surface area (Å²) >= 11 is 6.17. The number of carbonyl (C=O) groups is 3. The van der Waals surface area contributed by atoms with Gasteiger partial charge in [-0.3, -0.25) is 14.4 Å². The van der Waals surface area contributed by atoms with E-state index in [0.29, 0.717) is 17.3 Å². The lowest BCUT2D eigenvalue weighted by atomic mass is 10.1. The Balaban J connectivity index is 2.06. The molecule has 3 amide bonds. The van der Waals surface area contributed by atoms with Crippen LogP contribution in [0.1, 0.15) is 34.1 Å². The number of hydrogen-bond acceptors (Lipinski definition) is 3. The van der Waals surface area contributed by atoms with E-state index in [0.717, 1.165) is 0 Å². The number of halogens is 1. The molecule has 1 aliphatic rings. The highest BCUT2D eigenvalue weighted by Gasteiger charge is 2.38. The number of rotatable bonds is 5. The Hall–Kier alpha value is -2.08. The Kier molecular flexibility index (Phi) is 6.29. The summed E-state index contributed by atoms with van der Waals surface area (Å²) in [6.07, 6.45) is 0.126. The minimum absolute atomic E-state index is 0.0105. The van der Waals surface area contributed by atoms with Crippen molar-refractivity contribution in [2.45, 2.75) is 39.7 Å². The van der Waals surface area contributed by atoms with Gasteiger partial charge in [0.2, 0.25) is 17.7 Å². The Morgan fingerprint density at radius 3 is 2.54 bits per heavy atom. The summed E-state index contributed by atoms with van der Waals surface area (Å²) in [4.78, 5) is 40.4. The van der Waals surface area contributed by atoms with E-state index < -0.39 is 5.92 Å². The van der Waals surface area contributed by atoms with Crippen LogP contribution in [0, 0.1) is 5.92 Å². The first kappa shape index (κ1) is 20.2. The van der Waals surface area contributed by atoms with Gasteiger partial charge in [0.05, 0.1) is 23.2 Å². The van der Waals surface area contributed by atoms with Gasteiger partial charge in [-0.2, -0.15) is 0 Å². The van der Waals surface area contributed by atoms with Crippen molar-refractivity contribution in [3.8, 4) is 0 Å². The van der Waals surface area contributed by atoms with E-state index in [9.17, 15) is 14.4 Å². The third-order valence-corrected chi connectivity index (χ3v) is 4.48. The molecule has 7 heteroatoms. The third-order valence-electron chi connectivity index (χ3n) is 4.16. The largest absolute Gasteiger partial charge is 0.350 e. The monoisotopic (exact) mass is 379 g/mol. The molecule has 1 aromatic carbocycles. The summed E-state index contributed by atoms with van der Waals surface area (Å²) in [5, 5.41) is 3.33. The van der Waals surface area contributed by atoms with Crippen LogP contribution in [0.15, 0.2) is 24.3 Å². The molecule has 0 aromatic heterocycles. The van der Waals surface area contributed by atoms with E-state index in [2.05, 4.69) is 5.32 Å². The number of benzene rings is 1. The molecule has 26 heavy (non-hydrogen) atoms. The van der Waals surface area contributed by atoms with Gasteiger partial charge in [0.25, 0.3) is 0 Å². The zero-order valence-corrected chi connectivity index (χ0v) is 16.5. The second-order valence-corrected chi connectivity index (χ2v) is 7.91. The maximum atomic E-state index is 12.8. The first-order valence-electron chi connectivity index (χ1n) is 8.77. The van der Waals surface area contributed by atoms with Crippen LogP contribution in [0.3, 0.4) is 0 Å². The molecule has 0 saturated carbocycles. The van der Waals surface area contributed by atoms with E-state index >= 15 is 0 Å². The van der Waals surface area contributed by atoms with Crippen LogP contribution < -0.4 is 10.2 Å². The molecular weight excluding hydrogens is 354 g/mol. The predicted octanol–water partition coefficient (Wildman–Crippen LogP) is 2.46. The summed E-state index contributed by atoms with van der Waals surface area (Å²) < 4.78 is 0. The highest BCUT2D eigenvalue weighted by atomic mass is 35.5. The molecule has 1 aromatic rings. The van der Waals surface area contributed by atoms with E-state index in [1.165, 1.54) is 4.90 Å². The van der Waals surface area contributed by atoms with Crippen molar-refractivity contribution in [2.75, 3.05) is 24.5 Å². The molecule has 1 aliphatic heterocycles. The molecule has 1 atom stereocenters. The third kappa shape index (κ3) is 4.97. The highest BCUT2D eigenvalue weighted by Crippen LogP contribution is 2.31. The molecule has 1 unspecified atom stereocenters. The number of anilines is 1. The van der Waals surface area contributed by atoms with Crippen molar-refractivity contribution in [3.05, 3.63) is 29.3 Å². The number of amides is 3. The van der Waals surface area contributed by atoms with Crippen molar-refractivity contribution in [1.82, 2.24) is 10.2 Å². The first-order chi connectivity index (χ1) is 12.1. The molecule has 0 aliphatic carbocycles. The zero-order chi connectivity index (χ0) is 19.5. The Bertz CT molecular complexity index is 700. The molecule has 2 rings (SSSR count). The van der Waals surface area contributed by atoms with Gasteiger partial charge in [-0.15, -0.1) is 0 Å². The number of hydrogen-bond donors (Lipinski definition) is 1. The van der Waals surface area contributed by atoms with Gasteiger partial charge in [-0.1, -0.05) is 23.7 Å². The first-order valence-corrected chi connectivity index (χ1v) is 9.15. The molecule has 0 spiro atoms. The lowest BCUT2D eigenvalue weighted by Crippen LogP contribution is -2.48. The Morgan fingerprint density at radius 2 is 1.96 bits per heavy atom. The highest BCUT2D eigenvalue weighted by molar-refractivity contribution is 6.33. The fourth-order valence-corrected chi connectivity index (χ4v) is 3.25. The van der Waals surface area contributed by atoms with Gasteiger partial charge < -0.3 is 15.1 Å². The molecule has 1 heterocycles. The van der Waals surface area contributed by atoms with Crippen LogP contribution in [-0.2, 0) is 14.4 Å². The van der Waals surface area contributed by atoms with Gasteiger partial charge in [-0.05, 0) is 39.8 Å². The summed E-state index contributed by atoms with van der Waals surface area (Å²) in [5.41, 5.74) is 0.256. The molecule has 1 saturated heterocycles.